The van der Waals surface area contributed by atoms with Gasteiger partial charge in [-0.25, -0.2) is 0 Å². The fraction of sp³-hybridized carbons (Fsp3) is 0.800. The molecule has 5 nitrogen and oxygen atoms in total. The third-order valence-corrected chi connectivity index (χ3v) is 2.69. The van der Waals surface area contributed by atoms with Crippen LogP contribution in [0.5, 0.6) is 0 Å². The molecule has 2 heterocycles. The molecule has 2 N–H and O–H groups in total. The van der Waals surface area contributed by atoms with Gasteiger partial charge in [0.05, 0.1) is 0 Å². The molecule has 1 aromatic heterocycles. The maximum atomic E-state index is 5.54. The van der Waals surface area contributed by atoms with Gasteiger partial charge in [-0.2, -0.15) is 0 Å². The molecule has 0 atom stereocenters. The van der Waals surface area contributed by atoms with Gasteiger partial charge in [0, 0.05) is 26.1 Å². The Morgan fingerprint density at radius 2 is 1.87 bits per heavy atom. The zero-order chi connectivity index (χ0) is 10.5. The highest BCUT2D eigenvalue weighted by Gasteiger charge is 2.15. The highest BCUT2D eigenvalue weighted by atomic mass is 16.4. The normalized spacial score (nSPS) is 17.8. The first kappa shape index (κ1) is 10.4. The Labute approximate surface area is 89.6 Å². The molecule has 5 heteroatoms. The Morgan fingerprint density at radius 3 is 2.53 bits per heavy atom. The predicted octanol–water partition coefficient (Wildman–Crippen LogP) is 0.951. The molecule has 0 radical (unpaired) electrons. The molecular weight excluding hydrogens is 192 g/mol. The lowest BCUT2D eigenvalue weighted by atomic mass is 10.2. The van der Waals surface area contributed by atoms with Crippen LogP contribution >= 0.6 is 0 Å². The highest BCUT2D eigenvalue weighted by molar-refractivity contribution is 5.23. The van der Waals surface area contributed by atoms with E-state index >= 15 is 0 Å². The summed E-state index contributed by atoms with van der Waals surface area (Å²) in [5, 5.41) is 8.03. The van der Waals surface area contributed by atoms with Crippen LogP contribution in [0.25, 0.3) is 0 Å². The molecule has 2 rings (SSSR count). The zero-order valence-electron chi connectivity index (χ0n) is 8.98. The molecule has 1 aromatic rings. The minimum Gasteiger partial charge on any atom is -0.408 e. The van der Waals surface area contributed by atoms with E-state index in [1.54, 1.807) is 0 Å². The molecule has 0 unspecified atom stereocenters. The maximum absolute atomic E-state index is 5.54. The van der Waals surface area contributed by atoms with Crippen molar-refractivity contribution in [2.24, 2.45) is 5.73 Å². The summed E-state index contributed by atoms with van der Waals surface area (Å²) in [5.41, 5.74) is 5.43. The molecule has 1 aliphatic heterocycles. The summed E-state index contributed by atoms with van der Waals surface area (Å²) >= 11 is 0. The van der Waals surface area contributed by atoms with Crippen LogP contribution in [0.15, 0.2) is 4.42 Å². The molecule has 84 valence electrons. The van der Waals surface area contributed by atoms with Crippen molar-refractivity contribution in [1.29, 1.82) is 0 Å². The van der Waals surface area contributed by atoms with Crippen molar-refractivity contribution < 1.29 is 4.42 Å². The van der Waals surface area contributed by atoms with Crippen LogP contribution in [0.2, 0.25) is 0 Å². The van der Waals surface area contributed by atoms with E-state index in [1.165, 1.54) is 25.7 Å². The number of aromatic nitrogens is 2. The summed E-state index contributed by atoms with van der Waals surface area (Å²) in [6.45, 7) is 2.62. The fourth-order valence-electron chi connectivity index (χ4n) is 1.86. The Morgan fingerprint density at radius 1 is 1.13 bits per heavy atom. The molecule has 1 fully saturated rings. The van der Waals surface area contributed by atoms with E-state index in [0.29, 0.717) is 24.9 Å². The van der Waals surface area contributed by atoms with Crippen molar-refractivity contribution in [3.05, 3.63) is 5.89 Å². The van der Waals surface area contributed by atoms with Crippen molar-refractivity contribution in [3.63, 3.8) is 0 Å². The van der Waals surface area contributed by atoms with Crippen LogP contribution in [-0.4, -0.2) is 29.8 Å². The van der Waals surface area contributed by atoms with E-state index in [0.717, 1.165) is 13.1 Å². The standard InChI is InChI=1S/C10H18N4O/c11-6-5-9-12-13-10(15-9)14-7-3-1-2-4-8-14/h1-8,11H2. The van der Waals surface area contributed by atoms with E-state index in [9.17, 15) is 0 Å². The fourth-order valence-corrected chi connectivity index (χ4v) is 1.86. The van der Waals surface area contributed by atoms with Gasteiger partial charge in [-0.05, 0) is 12.8 Å². The van der Waals surface area contributed by atoms with Crippen molar-refractivity contribution in [3.8, 4) is 0 Å². The van der Waals surface area contributed by atoms with Crippen LogP contribution in [0.4, 0.5) is 6.01 Å². The van der Waals surface area contributed by atoms with Crippen molar-refractivity contribution in [1.82, 2.24) is 10.2 Å². The van der Waals surface area contributed by atoms with E-state index < -0.39 is 0 Å². The Hall–Kier alpha value is -1.10. The quantitative estimate of drug-likeness (QED) is 0.804. The Kier molecular flexibility index (Phi) is 3.55. The van der Waals surface area contributed by atoms with Crippen LogP contribution in [0.3, 0.4) is 0 Å². The smallest absolute Gasteiger partial charge is 0.318 e. The summed E-state index contributed by atoms with van der Waals surface area (Å²) in [6.07, 6.45) is 5.71. The first-order chi connectivity index (χ1) is 7.40. The second kappa shape index (κ2) is 5.11. The highest BCUT2D eigenvalue weighted by Crippen LogP contribution is 2.17. The first-order valence-electron chi connectivity index (χ1n) is 5.67. The predicted molar refractivity (Wildman–Crippen MR) is 57.7 cm³/mol. The van der Waals surface area contributed by atoms with Gasteiger partial charge in [-0.3, -0.25) is 0 Å². The lowest BCUT2D eigenvalue weighted by Crippen LogP contribution is -2.24. The van der Waals surface area contributed by atoms with E-state index in [-0.39, 0.29) is 0 Å². The van der Waals surface area contributed by atoms with Gasteiger partial charge >= 0.3 is 6.01 Å². The van der Waals surface area contributed by atoms with Gasteiger partial charge in [-0.15, -0.1) is 5.10 Å². The van der Waals surface area contributed by atoms with E-state index in [4.69, 9.17) is 10.2 Å². The lowest BCUT2D eigenvalue weighted by Gasteiger charge is -2.16. The number of hydrogen-bond acceptors (Lipinski definition) is 5. The minimum atomic E-state index is 0.557. The Balaban J connectivity index is 2.00. The van der Waals surface area contributed by atoms with Gasteiger partial charge in [-0.1, -0.05) is 17.9 Å². The zero-order valence-corrected chi connectivity index (χ0v) is 8.98. The molecular formula is C10H18N4O. The number of anilines is 1. The molecule has 0 aliphatic carbocycles. The number of nitrogens with zero attached hydrogens (tertiary/aromatic N) is 3. The monoisotopic (exact) mass is 210 g/mol. The van der Waals surface area contributed by atoms with Crippen molar-refractivity contribution >= 4 is 6.01 Å². The van der Waals surface area contributed by atoms with Crippen molar-refractivity contribution in [2.45, 2.75) is 32.1 Å². The number of nitrogens with two attached hydrogens (primary N) is 1. The summed E-state index contributed by atoms with van der Waals surface area (Å²) < 4.78 is 5.54. The maximum Gasteiger partial charge on any atom is 0.318 e. The largest absolute Gasteiger partial charge is 0.408 e. The van der Waals surface area contributed by atoms with E-state index in [2.05, 4.69) is 15.1 Å². The third kappa shape index (κ3) is 2.68. The van der Waals surface area contributed by atoms with Gasteiger partial charge in [0.1, 0.15) is 0 Å². The van der Waals surface area contributed by atoms with Crippen LogP contribution < -0.4 is 10.6 Å². The summed E-state index contributed by atoms with van der Waals surface area (Å²) in [4.78, 5) is 2.18. The number of hydrogen-bond donors (Lipinski definition) is 1. The van der Waals surface area contributed by atoms with Gasteiger partial charge in [0.25, 0.3) is 0 Å². The molecule has 1 saturated heterocycles. The molecule has 0 saturated carbocycles. The average molecular weight is 210 g/mol. The molecule has 0 aromatic carbocycles. The molecule has 0 amide bonds. The second-order valence-electron chi connectivity index (χ2n) is 3.92. The molecule has 0 spiro atoms. The summed E-state index contributed by atoms with van der Waals surface area (Å²) in [7, 11) is 0. The molecule has 0 bridgehead atoms. The number of rotatable bonds is 3. The van der Waals surface area contributed by atoms with Crippen molar-refractivity contribution in [2.75, 3.05) is 24.5 Å². The van der Waals surface area contributed by atoms with Crippen LogP contribution in [0.1, 0.15) is 31.6 Å². The second-order valence-corrected chi connectivity index (χ2v) is 3.92. The third-order valence-electron chi connectivity index (χ3n) is 2.69. The summed E-state index contributed by atoms with van der Waals surface area (Å²) in [6, 6.07) is 0.667. The lowest BCUT2D eigenvalue weighted by molar-refractivity contribution is 0.484. The summed E-state index contributed by atoms with van der Waals surface area (Å²) in [5.74, 6) is 0.650. The SMILES string of the molecule is NCCc1nnc(N2CCCCCC2)o1. The Bertz CT molecular complexity index is 291. The van der Waals surface area contributed by atoms with Gasteiger partial charge in [0.2, 0.25) is 5.89 Å². The van der Waals surface area contributed by atoms with Gasteiger partial charge in [0.15, 0.2) is 0 Å². The molecule has 15 heavy (non-hydrogen) atoms. The van der Waals surface area contributed by atoms with Crippen LogP contribution in [-0.2, 0) is 6.42 Å². The topological polar surface area (TPSA) is 68.2 Å². The van der Waals surface area contributed by atoms with E-state index in [1.807, 2.05) is 0 Å². The van der Waals surface area contributed by atoms with Crippen LogP contribution in [0, 0.1) is 0 Å². The van der Waals surface area contributed by atoms with Gasteiger partial charge < -0.3 is 15.1 Å². The average Bonchev–Trinajstić information content (AvgIpc) is 2.53. The molecule has 1 aliphatic rings. The minimum absolute atomic E-state index is 0.557. The first-order valence-corrected chi connectivity index (χ1v) is 5.67.